The Morgan fingerprint density at radius 1 is 0.960 bits per heavy atom. The third kappa shape index (κ3) is 5.14. The molecule has 0 atom stereocenters. The zero-order chi connectivity index (χ0) is 17.3. The maximum atomic E-state index is 12.0. The van der Waals surface area contributed by atoms with Crippen molar-refractivity contribution in [2.75, 3.05) is 6.61 Å². The van der Waals surface area contributed by atoms with Crippen molar-refractivity contribution in [2.24, 2.45) is 0 Å². The van der Waals surface area contributed by atoms with Crippen molar-refractivity contribution >= 4 is 5.97 Å². The number of pyridine rings is 2. The Balaban J connectivity index is 1.46. The molecule has 3 rings (SSSR count). The predicted molar refractivity (Wildman–Crippen MR) is 93.6 cm³/mol. The zero-order valence-electron chi connectivity index (χ0n) is 13.7. The van der Waals surface area contributed by atoms with E-state index in [9.17, 15) is 4.79 Å². The van der Waals surface area contributed by atoms with E-state index in [2.05, 4.69) is 9.97 Å². The minimum Gasteiger partial charge on any atom is -0.462 e. The van der Waals surface area contributed by atoms with Crippen LogP contribution in [-0.4, -0.2) is 22.5 Å². The summed E-state index contributed by atoms with van der Waals surface area (Å²) in [6.07, 6.45) is 6.58. The number of carbonyl (C=O) groups excluding carboxylic acids is 1. The van der Waals surface area contributed by atoms with E-state index >= 15 is 0 Å². The van der Waals surface area contributed by atoms with Gasteiger partial charge in [0.15, 0.2) is 0 Å². The smallest absolute Gasteiger partial charge is 0.339 e. The molecule has 0 amide bonds. The number of hydrogen-bond donors (Lipinski definition) is 0. The first kappa shape index (κ1) is 16.6. The number of rotatable bonds is 7. The summed E-state index contributed by atoms with van der Waals surface area (Å²) in [5.74, 6) is 0.746. The second kappa shape index (κ2) is 8.59. The van der Waals surface area contributed by atoms with E-state index in [1.54, 1.807) is 24.5 Å². The molecule has 1 aromatic carbocycles. The van der Waals surface area contributed by atoms with Crippen LogP contribution in [-0.2, 0) is 11.2 Å². The van der Waals surface area contributed by atoms with E-state index in [4.69, 9.17) is 9.47 Å². The molecule has 0 saturated heterocycles. The van der Waals surface area contributed by atoms with E-state index in [0.29, 0.717) is 23.8 Å². The van der Waals surface area contributed by atoms with Crippen molar-refractivity contribution in [3.05, 3.63) is 84.3 Å². The largest absolute Gasteiger partial charge is 0.462 e. The Morgan fingerprint density at radius 2 is 1.76 bits per heavy atom. The monoisotopic (exact) mass is 334 g/mol. The summed E-state index contributed by atoms with van der Waals surface area (Å²) in [7, 11) is 0. The quantitative estimate of drug-likeness (QED) is 0.482. The van der Waals surface area contributed by atoms with Crippen molar-refractivity contribution in [1.82, 2.24) is 9.97 Å². The van der Waals surface area contributed by atoms with Gasteiger partial charge in [-0.05, 0) is 48.7 Å². The molecule has 0 aliphatic rings. The Hall–Kier alpha value is -3.21. The lowest BCUT2D eigenvalue weighted by Crippen LogP contribution is -2.07. The highest BCUT2D eigenvalue weighted by Gasteiger charge is 2.08. The number of esters is 1. The van der Waals surface area contributed by atoms with Crippen LogP contribution in [0.15, 0.2) is 73.2 Å². The molecule has 0 spiro atoms. The minimum absolute atomic E-state index is 0.365. The van der Waals surface area contributed by atoms with Crippen LogP contribution in [0.3, 0.4) is 0 Å². The first-order valence-electron chi connectivity index (χ1n) is 8.06. The van der Waals surface area contributed by atoms with Crippen molar-refractivity contribution in [1.29, 1.82) is 0 Å². The number of aromatic nitrogens is 2. The van der Waals surface area contributed by atoms with Crippen molar-refractivity contribution in [3.63, 3.8) is 0 Å². The highest BCUT2D eigenvalue weighted by atomic mass is 16.5. The first-order chi connectivity index (χ1) is 12.3. The van der Waals surface area contributed by atoms with Gasteiger partial charge in [0, 0.05) is 24.7 Å². The molecular formula is C20H18N2O3. The normalized spacial score (nSPS) is 10.2. The fraction of sp³-hybridized carbons (Fsp3) is 0.150. The minimum atomic E-state index is -0.381. The average molecular weight is 334 g/mol. The van der Waals surface area contributed by atoms with Crippen LogP contribution < -0.4 is 4.74 Å². The topological polar surface area (TPSA) is 61.3 Å². The van der Waals surface area contributed by atoms with Crippen LogP contribution in [0.25, 0.3) is 0 Å². The lowest BCUT2D eigenvalue weighted by Gasteiger charge is -2.06. The molecule has 5 nitrogen and oxygen atoms in total. The molecule has 0 saturated carbocycles. The summed E-state index contributed by atoms with van der Waals surface area (Å²) in [6.45, 7) is 0.365. The molecule has 126 valence electrons. The standard InChI is InChI=1S/C20H18N2O3/c23-20(24-14-4-5-16-10-12-21-13-11-16)17-8-9-19(22-15-17)25-18-6-2-1-3-7-18/h1-3,6-13,15H,4-5,14H2. The molecule has 0 radical (unpaired) electrons. The maximum Gasteiger partial charge on any atom is 0.339 e. The summed E-state index contributed by atoms with van der Waals surface area (Å²) < 4.78 is 10.9. The molecule has 5 heteroatoms. The molecule has 3 aromatic rings. The number of hydrogen-bond acceptors (Lipinski definition) is 5. The number of nitrogens with zero attached hydrogens (tertiary/aromatic N) is 2. The van der Waals surface area contributed by atoms with Gasteiger partial charge in [-0.15, -0.1) is 0 Å². The summed E-state index contributed by atoms with van der Waals surface area (Å²) in [5.41, 5.74) is 1.58. The van der Waals surface area contributed by atoms with E-state index in [-0.39, 0.29) is 5.97 Å². The van der Waals surface area contributed by atoms with E-state index in [1.165, 1.54) is 11.8 Å². The van der Waals surface area contributed by atoms with E-state index in [1.807, 2.05) is 42.5 Å². The molecule has 0 fully saturated rings. The van der Waals surface area contributed by atoms with Crippen molar-refractivity contribution < 1.29 is 14.3 Å². The molecule has 0 aliphatic carbocycles. The summed E-state index contributed by atoms with van der Waals surface area (Å²) >= 11 is 0. The maximum absolute atomic E-state index is 12.0. The van der Waals surface area contributed by atoms with Gasteiger partial charge in [-0.3, -0.25) is 4.98 Å². The van der Waals surface area contributed by atoms with Gasteiger partial charge >= 0.3 is 5.97 Å². The predicted octanol–water partition coefficient (Wildman–Crippen LogP) is 4.06. The van der Waals surface area contributed by atoms with Gasteiger partial charge in [0.05, 0.1) is 12.2 Å². The SMILES string of the molecule is O=C(OCCCc1ccncc1)c1ccc(Oc2ccccc2)nc1. The van der Waals surface area contributed by atoms with Gasteiger partial charge in [-0.25, -0.2) is 9.78 Å². The zero-order valence-corrected chi connectivity index (χ0v) is 13.7. The molecule has 0 unspecified atom stereocenters. The molecule has 0 aliphatic heterocycles. The van der Waals surface area contributed by atoms with E-state index < -0.39 is 0 Å². The molecule has 25 heavy (non-hydrogen) atoms. The van der Waals surface area contributed by atoms with Crippen molar-refractivity contribution in [2.45, 2.75) is 12.8 Å². The van der Waals surface area contributed by atoms with Gasteiger partial charge in [0.2, 0.25) is 5.88 Å². The third-order valence-electron chi connectivity index (χ3n) is 3.53. The van der Waals surface area contributed by atoms with Crippen LogP contribution in [0.1, 0.15) is 22.3 Å². The van der Waals surface area contributed by atoms with Gasteiger partial charge in [-0.1, -0.05) is 18.2 Å². The molecule has 0 bridgehead atoms. The Bertz CT molecular complexity index is 790. The van der Waals surface area contributed by atoms with Crippen LogP contribution in [0.5, 0.6) is 11.6 Å². The molecule has 0 N–H and O–H groups in total. The van der Waals surface area contributed by atoms with Crippen LogP contribution in [0.4, 0.5) is 0 Å². The number of benzene rings is 1. The average Bonchev–Trinajstić information content (AvgIpc) is 2.67. The summed E-state index contributed by atoms with van der Waals surface area (Å²) in [4.78, 5) is 20.1. The van der Waals surface area contributed by atoms with Crippen molar-refractivity contribution in [3.8, 4) is 11.6 Å². The second-order valence-corrected chi connectivity index (χ2v) is 5.40. The Morgan fingerprint density at radius 3 is 2.48 bits per heavy atom. The highest BCUT2D eigenvalue weighted by molar-refractivity contribution is 5.89. The summed E-state index contributed by atoms with van der Waals surface area (Å²) in [6, 6.07) is 16.6. The lowest BCUT2D eigenvalue weighted by molar-refractivity contribution is 0.0500. The second-order valence-electron chi connectivity index (χ2n) is 5.40. The Kier molecular flexibility index (Phi) is 5.72. The number of ether oxygens (including phenoxy) is 2. The first-order valence-corrected chi connectivity index (χ1v) is 8.06. The van der Waals surface area contributed by atoms with Crippen LogP contribution in [0, 0.1) is 0 Å². The van der Waals surface area contributed by atoms with Gasteiger partial charge in [0.25, 0.3) is 0 Å². The fourth-order valence-corrected chi connectivity index (χ4v) is 2.24. The number of para-hydroxylation sites is 1. The van der Waals surface area contributed by atoms with Gasteiger partial charge in [0.1, 0.15) is 5.75 Å². The fourth-order valence-electron chi connectivity index (χ4n) is 2.24. The van der Waals surface area contributed by atoms with E-state index in [0.717, 1.165) is 12.8 Å². The number of carbonyl (C=O) groups is 1. The third-order valence-corrected chi connectivity index (χ3v) is 3.53. The number of aryl methyl sites for hydroxylation is 1. The molecule has 2 aromatic heterocycles. The lowest BCUT2D eigenvalue weighted by atomic mass is 10.1. The molecular weight excluding hydrogens is 316 g/mol. The van der Waals surface area contributed by atoms with Crippen LogP contribution in [0.2, 0.25) is 0 Å². The summed E-state index contributed by atoms with van der Waals surface area (Å²) in [5, 5.41) is 0. The van der Waals surface area contributed by atoms with Crippen LogP contribution >= 0.6 is 0 Å². The molecule has 2 heterocycles. The Labute approximate surface area is 146 Å². The van der Waals surface area contributed by atoms with Gasteiger partial charge < -0.3 is 9.47 Å². The van der Waals surface area contributed by atoms with Gasteiger partial charge in [-0.2, -0.15) is 0 Å². The highest BCUT2D eigenvalue weighted by Crippen LogP contribution is 2.18.